The fraction of sp³-hybridized carbons (Fsp3) is 0.857. The first kappa shape index (κ1) is 15.0. The summed E-state index contributed by atoms with van der Waals surface area (Å²) >= 11 is 0. The highest BCUT2D eigenvalue weighted by molar-refractivity contribution is 5.80. The topological polar surface area (TPSA) is 57.6 Å². The van der Waals surface area contributed by atoms with Gasteiger partial charge in [0.1, 0.15) is 0 Å². The highest BCUT2D eigenvalue weighted by Crippen LogP contribution is 2.22. The van der Waals surface area contributed by atoms with E-state index in [2.05, 4.69) is 13.8 Å². The first-order chi connectivity index (χ1) is 8.41. The maximum absolute atomic E-state index is 11.8. The molecule has 2 unspecified atom stereocenters. The van der Waals surface area contributed by atoms with Gasteiger partial charge in [0, 0.05) is 19.0 Å². The predicted molar refractivity (Wildman–Crippen MR) is 70.2 cm³/mol. The minimum absolute atomic E-state index is 0.115. The summed E-state index contributed by atoms with van der Waals surface area (Å²) in [6, 6.07) is 0.165. The van der Waals surface area contributed by atoms with Gasteiger partial charge in [0.05, 0.1) is 5.92 Å². The molecule has 0 aromatic rings. The SMILES string of the molecule is CC(C)CCCC(C)N1CC(C(=O)O)CCC1=O. The molecule has 4 nitrogen and oxygen atoms in total. The maximum atomic E-state index is 11.8. The smallest absolute Gasteiger partial charge is 0.308 e. The number of hydrogen-bond donors (Lipinski definition) is 1. The second kappa shape index (κ2) is 6.76. The number of piperidine rings is 1. The van der Waals surface area contributed by atoms with Gasteiger partial charge in [-0.15, -0.1) is 0 Å². The molecule has 1 saturated heterocycles. The third kappa shape index (κ3) is 4.31. The molecule has 0 bridgehead atoms. The number of carboxylic acids is 1. The molecule has 1 amide bonds. The van der Waals surface area contributed by atoms with Crippen LogP contribution in [0.4, 0.5) is 0 Å². The number of nitrogens with zero attached hydrogens (tertiary/aromatic N) is 1. The highest BCUT2D eigenvalue weighted by atomic mass is 16.4. The second-order valence-corrected chi connectivity index (χ2v) is 5.79. The molecule has 1 aliphatic rings. The predicted octanol–water partition coefficient (Wildman–Crippen LogP) is 2.52. The molecule has 1 rings (SSSR count). The van der Waals surface area contributed by atoms with Crippen LogP contribution < -0.4 is 0 Å². The molecule has 0 saturated carbocycles. The molecule has 1 aliphatic heterocycles. The molecule has 2 atom stereocenters. The fourth-order valence-electron chi connectivity index (χ4n) is 2.48. The van der Waals surface area contributed by atoms with Crippen LogP contribution in [-0.4, -0.2) is 34.5 Å². The zero-order valence-electron chi connectivity index (χ0n) is 11.7. The summed E-state index contributed by atoms with van der Waals surface area (Å²) in [5.41, 5.74) is 0. The number of amides is 1. The maximum Gasteiger partial charge on any atom is 0.308 e. The Labute approximate surface area is 109 Å². The van der Waals surface area contributed by atoms with Crippen LogP contribution in [0.1, 0.15) is 52.9 Å². The Kier molecular flexibility index (Phi) is 5.63. The molecule has 1 heterocycles. The van der Waals surface area contributed by atoms with Crippen LogP contribution >= 0.6 is 0 Å². The molecule has 0 aliphatic carbocycles. The molecule has 0 spiro atoms. The van der Waals surface area contributed by atoms with E-state index in [4.69, 9.17) is 5.11 Å². The summed E-state index contributed by atoms with van der Waals surface area (Å²) in [5.74, 6) is -0.359. The van der Waals surface area contributed by atoms with E-state index in [1.807, 2.05) is 6.92 Å². The van der Waals surface area contributed by atoms with E-state index in [0.29, 0.717) is 25.3 Å². The fourth-order valence-corrected chi connectivity index (χ4v) is 2.48. The molecular formula is C14H25NO3. The van der Waals surface area contributed by atoms with E-state index in [9.17, 15) is 9.59 Å². The molecule has 18 heavy (non-hydrogen) atoms. The summed E-state index contributed by atoms with van der Waals surface area (Å²) in [6.07, 6.45) is 4.10. The third-order valence-electron chi connectivity index (χ3n) is 3.73. The normalized spacial score (nSPS) is 22.3. The van der Waals surface area contributed by atoms with Gasteiger partial charge in [-0.05, 0) is 25.7 Å². The largest absolute Gasteiger partial charge is 0.481 e. The summed E-state index contributed by atoms with van der Waals surface area (Å²) in [4.78, 5) is 24.6. The average Bonchev–Trinajstić information content (AvgIpc) is 2.28. The number of aliphatic carboxylic acids is 1. The van der Waals surface area contributed by atoms with Gasteiger partial charge < -0.3 is 10.0 Å². The minimum atomic E-state index is -0.776. The number of likely N-dealkylation sites (tertiary alicyclic amines) is 1. The lowest BCUT2D eigenvalue weighted by molar-refractivity contribution is -0.148. The summed E-state index contributed by atoms with van der Waals surface area (Å²) in [6.45, 7) is 6.80. The zero-order chi connectivity index (χ0) is 13.7. The number of rotatable bonds is 6. The van der Waals surface area contributed by atoms with E-state index in [1.165, 1.54) is 0 Å². The van der Waals surface area contributed by atoms with Gasteiger partial charge in [0.25, 0.3) is 0 Å². The van der Waals surface area contributed by atoms with Crippen LogP contribution in [0.5, 0.6) is 0 Å². The number of hydrogen-bond acceptors (Lipinski definition) is 2. The Bertz CT molecular complexity index is 301. The molecule has 1 fully saturated rings. The van der Waals surface area contributed by atoms with Crippen LogP contribution in [0.3, 0.4) is 0 Å². The van der Waals surface area contributed by atoms with Gasteiger partial charge in [-0.25, -0.2) is 0 Å². The Morgan fingerprint density at radius 1 is 1.39 bits per heavy atom. The van der Waals surface area contributed by atoms with Crippen molar-refractivity contribution < 1.29 is 14.7 Å². The van der Waals surface area contributed by atoms with E-state index in [-0.39, 0.29) is 17.9 Å². The van der Waals surface area contributed by atoms with E-state index < -0.39 is 5.97 Å². The third-order valence-corrected chi connectivity index (χ3v) is 3.73. The monoisotopic (exact) mass is 255 g/mol. The summed E-state index contributed by atoms with van der Waals surface area (Å²) in [5, 5.41) is 9.03. The van der Waals surface area contributed by atoms with Crippen molar-refractivity contribution in [3.8, 4) is 0 Å². The van der Waals surface area contributed by atoms with Crippen molar-refractivity contribution in [3.05, 3.63) is 0 Å². The zero-order valence-corrected chi connectivity index (χ0v) is 11.7. The number of carbonyl (C=O) groups is 2. The second-order valence-electron chi connectivity index (χ2n) is 5.79. The van der Waals surface area contributed by atoms with Crippen molar-refractivity contribution in [2.75, 3.05) is 6.54 Å². The van der Waals surface area contributed by atoms with Crippen molar-refractivity contribution >= 4 is 11.9 Å². The Morgan fingerprint density at radius 3 is 2.61 bits per heavy atom. The van der Waals surface area contributed by atoms with E-state index >= 15 is 0 Å². The van der Waals surface area contributed by atoms with Crippen molar-refractivity contribution in [2.45, 2.75) is 58.9 Å². The number of carbonyl (C=O) groups excluding carboxylic acids is 1. The van der Waals surface area contributed by atoms with E-state index in [1.54, 1.807) is 4.90 Å². The number of carboxylic acid groups (broad SMARTS) is 1. The van der Waals surface area contributed by atoms with Crippen molar-refractivity contribution in [2.24, 2.45) is 11.8 Å². The average molecular weight is 255 g/mol. The van der Waals surface area contributed by atoms with Crippen LogP contribution in [-0.2, 0) is 9.59 Å². The van der Waals surface area contributed by atoms with Gasteiger partial charge in [0.2, 0.25) is 5.91 Å². The minimum Gasteiger partial charge on any atom is -0.481 e. The van der Waals surface area contributed by atoms with Crippen molar-refractivity contribution in [1.82, 2.24) is 4.90 Å². The lowest BCUT2D eigenvalue weighted by atomic mass is 9.95. The lowest BCUT2D eigenvalue weighted by Gasteiger charge is -2.35. The van der Waals surface area contributed by atoms with Crippen molar-refractivity contribution in [3.63, 3.8) is 0 Å². The van der Waals surface area contributed by atoms with Gasteiger partial charge in [-0.1, -0.05) is 26.7 Å². The molecule has 4 heteroatoms. The van der Waals surface area contributed by atoms with Crippen molar-refractivity contribution in [1.29, 1.82) is 0 Å². The summed E-state index contributed by atoms with van der Waals surface area (Å²) < 4.78 is 0. The molecule has 0 aromatic carbocycles. The van der Waals surface area contributed by atoms with E-state index in [0.717, 1.165) is 19.3 Å². The standard InChI is InChI=1S/C14H25NO3/c1-10(2)5-4-6-11(3)15-9-12(14(17)18)7-8-13(15)16/h10-12H,4-9H2,1-3H3,(H,17,18). The van der Waals surface area contributed by atoms with Gasteiger partial charge in [0.15, 0.2) is 0 Å². The van der Waals surface area contributed by atoms with Gasteiger partial charge in [-0.3, -0.25) is 9.59 Å². The lowest BCUT2D eigenvalue weighted by Crippen LogP contribution is -2.47. The highest BCUT2D eigenvalue weighted by Gasteiger charge is 2.32. The molecular weight excluding hydrogens is 230 g/mol. The molecule has 0 radical (unpaired) electrons. The summed E-state index contributed by atoms with van der Waals surface area (Å²) in [7, 11) is 0. The van der Waals surface area contributed by atoms with Crippen LogP contribution in [0, 0.1) is 11.8 Å². The Hall–Kier alpha value is -1.06. The van der Waals surface area contributed by atoms with Crippen LogP contribution in [0.15, 0.2) is 0 Å². The quantitative estimate of drug-likeness (QED) is 0.793. The molecule has 0 aromatic heterocycles. The van der Waals surface area contributed by atoms with Crippen LogP contribution in [0.2, 0.25) is 0 Å². The van der Waals surface area contributed by atoms with Crippen LogP contribution in [0.25, 0.3) is 0 Å². The molecule has 1 N–H and O–H groups in total. The first-order valence-electron chi connectivity index (χ1n) is 6.94. The first-order valence-corrected chi connectivity index (χ1v) is 6.94. The van der Waals surface area contributed by atoms with Gasteiger partial charge >= 0.3 is 5.97 Å². The van der Waals surface area contributed by atoms with Gasteiger partial charge in [-0.2, -0.15) is 0 Å². The molecule has 104 valence electrons. The Morgan fingerprint density at radius 2 is 2.06 bits per heavy atom. The Balaban J connectivity index is 2.46.